The molecular weight excluding hydrogens is 262 g/mol. The molecule has 1 heterocycles. The van der Waals surface area contributed by atoms with E-state index in [-0.39, 0.29) is 5.91 Å². The van der Waals surface area contributed by atoms with Gasteiger partial charge in [0.15, 0.2) is 0 Å². The van der Waals surface area contributed by atoms with Crippen LogP contribution in [0, 0.1) is 0 Å². The summed E-state index contributed by atoms with van der Waals surface area (Å²) in [5.41, 5.74) is 7.08. The van der Waals surface area contributed by atoms with Gasteiger partial charge in [-0.25, -0.2) is 0 Å². The Morgan fingerprint density at radius 1 is 1.43 bits per heavy atom. The molecule has 1 aromatic rings. The molecule has 1 unspecified atom stereocenters. The van der Waals surface area contributed by atoms with Crippen LogP contribution < -0.4 is 5.73 Å². The van der Waals surface area contributed by atoms with E-state index in [1.165, 1.54) is 12.0 Å². The van der Waals surface area contributed by atoms with Gasteiger partial charge in [0, 0.05) is 25.7 Å². The summed E-state index contributed by atoms with van der Waals surface area (Å²) >= 11 is 0. The Hall–Kier alpha value is -1.39. The van der Waals surface area contributed by atoms with Crippen molar-refractivity contribution in [3.63, 3.8) is 0 Å². The molecule has 2 atom stereocenters. The van der Waals surface area contributed by atoms with Crippen molar-refractivity contribution in [2.45, 2.75) is 45.3 Å². The predicted octanol–water partition coefficient (Wildman–Crippen LogP) is 1.85. The molecule has 116 valence electrons. The zero-order chi connectivity index (χ0) is 15.2. The monoisotopic (exact) mass is 289 g/mol. The molecule has 1 aliphatic heterocycles. The molecule has 4 heteroatoms. The average Bonchev–Trinajstić information content (AvgIpc) is 2.92. The fraction of sp³-hybridized carbons (Fsp3) is 0.588. The lowest BCUT2D eigenvalue weighted by Gasteiger charge is -2.31. The second-order valence-corrected chi connectivity index (χ2v) is 5.92. The van der Waals surface area contributed by atoms with Crippen molar-refractivity contribution in [1.29, 1.82) is 0 Å². The number of likely N-dealkylation sites (N-methyl/N-ethyl adjacent to an activating group) is 1. The highest BCUT2D eigenvalue weighted by Crippen LogP contribution is 2.21. The lowest BCUT2D eigenvalue weighted by molar-refractivity contribution is -0.132. The largest absolute Gasteiger partial charge is 0.340 e. The van der Waals surface area contributed by atoms with Crippen LogP contribution in [0.5, 0.6) is 0 Å². The Morgan fingerprint density at radius 3 is 2.76 bits per heavy atom. The smallest absolute Gasteiger partial charge is 0.239 e. The van der Waals surface area contributed by atoms with Gasteiger partial charge in [0.25, 0.3) is 0 Å². The minimum atomic E-state index is -0.408. The Bertz CT molecular complexity index is 447. The molecular formula is C17H27N3O. The van der Waals surface area contributed by atoms with Crippen LogP contribution in [0.25, 0.3) is 0 Å². The first-order chi connectivity index (χ1) is 10.1. The summed E-state index contributed by atoms with van der Waals surface area (Å²) in [6.07, 6.45) is 2.37. The second kappa shape index (κ2) is 7.57. The van der Waals surface area contributed by atoms with Crippen LogP contribution in [0.15, 0.2) is 30.3 Å². The molecule has 4 nitrogen and oxygen atoms in total. The third-order valence-electron chi connectivity index (χ3n) is 4.24. The zero-order valence-corrected chi connectivity index (χ0v) is 13.2. The fourth-order valence-corrected chi connectivity index (χ4v) is 3.05. The van der Waals surface area contributed by atoms with E-state index < -0.39 is 6.04 Å². The third kappa shape index (κ3) is 4.29. The van der Waals surface area contributed by atoms with Crippen LogP contribution in [0.4, 0.5) is 0 Å². The van der Waals surface area contributed by atoms with E-state index in [0.717, 1.165) is 32.6 Å². The number of carbonyl (C=O) groups is 1. The molecule has 1 saturated heterocycles. The van der Waals surface area contributed by atoms with Crippen molar-refractivity contribution in [2.24, 2.45) is 5.73 Å². The summed E-state index contributed by atoms with van der Waals surface area (Å²) in [6.45, 7) is 7.40. The van der Waals surface area contributed by atoms with Crippen molar-refractivity contribution in [3.05, 3.63) is 35.9 Å². The average molecular weight is 289 g/mol. The van der Waals surface area contributed by atoms with Gasteiger partial charge in [-0.1, -0.05) is 30.3 Å². The summed E-state index contributed by atoms with van der Waals surface area (Å²) in [7, 11) is 0. The highest BCUT2D eigenvalue weighted by Gasteiger charge is 2.28. The van der Waals surface area contributed by atoms with Crippen molar-refractivity contribution < 1.29 is 4.79 Å². The molecule has 0 aliphatic carbocycles. The van der Waals surface area contributed by atoms with E-state index in [1.54, 1.807) is 6.92 Å². The van der Waals surface area contributed by atoms with Gasteiger partial charge < -0.3 is 10.6 Å². The molecule has 0 radical (unpaired) electrons. The maximum absolute atomic E-state index is 12.1. The Labute approximate surface area is 127 Å². The van der Waals surface area contributed by atoms with Crippen molar-refractivity contribution in [1.82, 2.24) is 9.80 Å². The predicted molar refractivity (Wildman–Crippen MR) is 85.8 cm³/mol. The van der Waals surface area contributed by atoms with Crippen LogP contribution in [-0.4, -0.2) is 47.4 Å². The number of benzene rings is 1. The number of rotatable bonds is 6. The summed E-state index contributed by atoms with van der Waals surface area (Å²) in [5, 5.41) is 0. The van der Waals surface area contributed by atoms with Gasteiger partial charge >= 0.3 is 0 Å². The number of hydrogen-bond donors (Lipinski definition) is 1. The van der Waals surface area contributed by atoms with E-state index in [4.69, 9.17) is 5.73 Å². The Morgan fingerprint density at radius 2 is 2.14 bits per heavy atom. The van der Waals surface area contributed by atoms with Crippen LogP contribution in [0.3, 0.4) is 0 Å². The summed E-state index contributed by atoms with van der Waals surface area (Å²) in [4.78, 5) is 16.5. The SMILES string of the molecule is CCN(C[C@@H]1CCCN1Cc1ccccc1)C(=O)C(C)N. The standard InChI is InChI=1S/C17H27N3O/c1-3-19(17(21)14(2)18)13-16-10-7-11-20(16)12-15-8-5-4-6-9-15/h4-6,8-9,14,16H,3,7,10-13,18H2,1-2H3/t14?,16-/m0/s1. The van der Waals surface area contributed by atoms with E-state index in [1.807, 2.05) is 17.9 Å². The van der Waals surface area contributed by atoms with Crippen LogP contribution in [-0.2, 0) is 11.3 Å². The highest BCUT2D eigenvalue weighted by molar-refractivity contribution is 5.81. The van der Waals surface area contributed by atoms with Gasteiger partial charge in [0.1, 0.15) is 0 Å². The van der Waals surface area contributed by atoms with Crippen LogP contribution in [0.2, 0.25) is 0 Å². The number of amides is 1. The first kappa shape index (κ1) is 16.0. The molecule has 1 aliphatic rings. The zero-order valence-electron chi connectivity index (χ0n) is 13.2. The minimum absolute atomic E-state index is 0.0593. The Balaban J connectivity index is 1.96. The number of carbonyl (C=O) groups excluding carboxylic acids is 1. The maximum Gasteiger partial charge on any atom is 0.239 e. The molecule has 21 heavy (non-hydrogen) atoms. The molecule has 1 fully saturated rings. The van der Waals surface area contributed by atoms with Crippen molar-refractivity contribution in [2.75, 3.05) is 19.6 Å². The first-order valence-electron chi connectivity index (χ1n) is 7.94. The molecule has 0 saturated carbocycles. The lowest BCUT2D eigenvalue weighted by Crippen LogP contribution is -2.47. The van der Waals surface area contributed by atoms with E-state index in [2.05, 4.69) is 29.2 Å². The number of likely N-dealkylation sites (tertiary alicyclic amines) is 1. The summed E-state index contributed by atoms with van der Waals surface area (Å²) in [5.74, 6) is 0.0593. The molecule has 1 aromatic carbocycles. The Kier molecular flexibility index (Phi) is 5.76. The topological polar surface area (TPSA) is 49.6 Å². The van der Waals surface area contributed by atoms with Crippen molar-refractivity contribution >= 4 is 5.91 Å². The number of nitrogens with zero attached hydrogens (tertiary/aromatic N) is 2. The molecule has 1 amide bonds. The normalized spacial score (nSPS) is 20.4. The highest BCUT2D eigenvalue weighted by atomic mass is 16.2. The van der Waals surface area contributed by atoms with E-state index >= 15 is 0 Å². The van der Waals surface area contributed by atoms with Gasteiger partial charge in [-0.2, -0.15) is 0 Å². The van der Waals surface area contributed by atoms with Gasteiger partial charge in [-0.3, -0.25) is 9.69 Å². The number of hydrogen-bond acceptors (Lipinski definition) is 3. The van der Waals surface area contributed by atoms with Crippen molar-refractivity contribution in [3.8, 4) is 0 Å². The molecule has 0 spiro atoms. The van der Waals surface area contributed by atoms with Gasteiger partial charge in [-0.15, -0.1) is 0 Å². The van der Waals surface area contributed by atoms with Crippen LogP contribution in [0.1, 0.15) is 32.3 Å². The summed E-state index contributed by atoms with van der Waals surface area (Å²) in [6, 6.07) is 10.6. The van der Waals surface area contributed by atoms with E-state index in [0.29, 0.717) is 6.04 Å². The summed E-state index contributed by atoms with van der Waals surface area (Å²) < 4.78 is 0. The maximum atomic E-state index is 12.1. The van der Waals surface area contributed by atoms with Gasteiger partial charge in [0.05, 0.1) is 6.04 Å². The molecule has 0 bridgehead atoms. The fourth-order valence-electron chi connectivity index (χ4n) is 3.05. The van der Waals surface area contributed by atoms with Gasteiger partial charge in [-0.05, 0) is 38.8 Å². The number of nitrogens with two attached hydrogens (primary N) is 1. The third-order valence-corrected chi connectivity index (χ3v) is 4.24. The molecule has 2 rings (SSSR count). The molecule has 2 N–H and O–H groups in total. The first-order valence-corrected chi connectivity index (χ1v) is 7.94. The lowest BCUT2D eigenvalue weighted by atomic mass is 10.1. The minimum Gasteiger partial charge on any atom is -0.340 e. The van der Waals surface area contributed by atoms with Crippen LogP contribution >= 0.6 is 0 Å². The molecule has 0 aromatic heterocycles. The quantitative estimate of drug-likeness (QED) is 0.869. The van der Waals surface area contributed by atoms with Gasteiger partial charge in [0.2, 0.25) is 5.91 Å². The second-order valence-electron chi connectivity index (χ2n) is 5.92. The van der Waals surface area contributed by atoms with E-state index in [9.17, 15) is 4.79 Å².